The maximum Gasteiger partial charge on any atom is 0.309 e. The van der Waals surface area contributed by atoms with Gasteiger partial charge < -0.3 is 20.3 Å². The molecule has 0 radical (unpaired) electrons. The quantitative estimate of drug-likeness (QED) is 0.451. The molecule has 1 aliphatic heterocycles. The van der Waals surface area contributed by atoms with Crippen LogP contribution in [-0.4, -0.2) is 68.1 Å². The van der Waals surface area contributed by atoms with E-state index in [9.17, 15) is 9.59 Å². The van der Waals surface area contributed by atoms with Gasteiger partial charge in [-0.3, -0.25) is 19.5 Å². The van der Waals surface area contributed by atoms with Crippen LogP contribution >= 0.6 is 0 Å². The molecule has 0 aliphatic carbocycles. The minimum Gasteiger partial charge on any atom is -0.497 e. The lowest BCUT2D eigenvalue weighted by atomic mass is 10.1. The van der Waals surface area contributed by atoms with Gasteiger partial charge in [0, 0.05) is 57.3 Å². The van der Waals surface area contributed by atoms with Crippen LogP contribution in [0, 0.1) is 0 Å². The van der Waals surface area contributed by atoms with E-state index in [1.54, 1.807) is 13.3 Å². The molecule has 4 rings (SSSR count). The molecule has 188 valence electrons. The van der Waals surface area contributed by atoms with Gasteiger partial charge >= 0.3 is 11.8 Å². The number of rotatable bonds is 9. The summed E-state index contributed by atoms with van der Waals surface area (Å²) in [4.78, 5) is 33.8. The Labute approximate surface area is 212 Å². The standard InChI is InChI=1S/C28H33N5O3/c1-36-25-11-9-24(10-12-25)32-16-18-33(19-17-32)26(23-8-5-14-29-20-23)21-31-28(35)27(34)30-15-13-22-6-3-2-4-7-22/h2-12,14,20,26H,13,15-19,21H2,1H3,(H,30,34)(H,31,35). The highest BCUT2D eigenvalue weighted by Gasteiger charge is 2.26. The molecule has 2 heterocycles. The number of carbonyl (C=O) groups is 2. The van der Waals surface area contributed by atoms with Crippen LogP contribution in [0.3, 0.4) is 0 Å². The Morgan fingerprint density at radius 2 is 1.64 bits per heavy atom. The largest absolute Gasteiger partial charge is 0.497 e. The van der Waals surface area contributed by atoms with E-state index in [-0.39, 0.29) is 6.04 Å². The Hall–Kier alpha value is -3.91. The van der Waals surface area contributed by atoms with Gasteiger partial charge in [0.2, 0.25) is 0 Å². The predicted molar refractivity (Wildman–Crippen MR) is 140 cm³/mol. The minimum atomic E-state index is -0.617. The number of amides is 2. The number of nitrogens with zero attached hydrogens (tertiary/aromatic N) is 3. The molecule has 2 aromatic carbocycles. The molecule has 8 heteroatoms. The molecule has 1 unspecified atom stereocenters. The number of carbonyl (C=O) groups excluding carboxylic acids is 2. The third kappa shape index (κ3) is 6.82. The third-order valence-electron chi connectivity index (χ3n) is 6.47. The second-order valence-corrected chi connectivity index (χ2v) is 8.72. The van der Waals surface area contributed by atoms with Gasteiger partial charge in [-0.25, -0.2) is 0 Å². The molecule has 36 heavy (non-hydrogen) atoms. The van der Waals surface area contributed by atoms with Crippen LogP contribution in [0.4, 0.5) is 5.69 Å². The summed E-state index contributed by atoms with van der Waals surface area (Å²) >= 11 is 0. The van der Waals surface area contributed by atoms with Gasteiger partial charge in [0.25, 0.3) is 0 Å². The number of nitrogens with one attached hydrogen (secondary N) is 2. The highest BCUT2D eigenvalue weighted by Crippen LogP contribution is 2.25. The fraction of sp³-hybridized carbons (Fsp3) is 0.321. The van der Waals surface area contributed by atoms with Crippen LogP contribution in [0.2, 0.25) is 0 Å². The van der Waals surface area contributed by atoms with Crippen molar-refractivity contribution in [3.63, 3.8) is 0 Å². The van der Waals surface area contributed by atoms with Crippen LogP contribution in [0.25, 0.3) is 0 Å². The number of anilines is 1. The topological polar surface area (TPSA) is 86.8 Å². The van der Waals surface area contributed by atoms with Crippen LogP contribution in [-0.2, 0) is 16.0 Å². The van der Waals surface area contributed by atoms with Crippen molar-refractivity contribution in [2.75, 3.05) is 51.3 Å². The normalized spacial score (nSPS) is 14.6. The van der Waals surface area contributed by atoms with Crippen molar-refractivity contribution in [1.82, 2.24) is 20.5 Å². The summed E-state index contributed by atoms with van der Waals surface area (Å²) in [6, 6.07) is 21.8. The number of ether oxygens (including phenoxy) is 1. The Kier molecular flexibility index (Phi) is 8.88. The van der Waals surface area contributed by atoms with Crippen molar-refractivity contribution >= 4 is 17.5 Å². The Morgan fingerprint density at radius 1 is 0.917 bits per heavy atom. The van der Waals surface area contributed by atoms with Gasteiger partial charge in [-0.2, -0.15) is 0 Å². The molecular formula is C28H33N5O3. The van der Waals surface area contributed by atoms with E-state index in [0.29, 0.717) is 19.5 Å². The lowest BCUT2D eigenvalue weighted by Gasteiger charge is -2.40. The monoisotopic (exact) mass is 487 g/mol. The van der Waals surface area contributed by atoms with Gasteiger partial charge in [0.1, 0.15) is 5.75 Å². The van der Waals surface area contributed by atoms with E-state index in [1.807, 2.05) is 60.8 Å². The van der Waals surface area contributed by atoms with E-state index >= 15 is 0 Å². The summed E-state index contributed by atoms with van der Waals surface area (Å²) in [5.74, 6) is -0.386. The second kappa shape index (κ2) is 12.7. The van der Waals surface area contributed by atoms with Crippen LogP contribution in [0.5, 0.6) is 5.75 Å². The molecule has 0 spiro atoms. The first-order valence-electron chi connectivity index (χ1n) is 12.3. The van der Waals surface area contributed by atoms with E-state index in [2.05, 4.69) is 37.6 Å². The fourth-order valence-electron chi connectivity index (χ4n) is 4.43. The predicted octanol–water partition coefficient (Wildman–Crippen LogP) is 2.43. The Balaban J connectivity index is 1.31. The molecule has 0 saturated carbocycles. The van der Waals surface area contributed by atoms with Gasteiger partial charge in [-0.05, 0) is 47.9 Å². The van der Waals surface area contributed by atoms with Gasteiger partial charge in [0.05, 0.1) is 13.2 Å². The first-order valence-corrected chi connectivity index (χ1v) is 12.3. The molecule has 1 fully saturated rings. The van der Waals surface area contributed by atoms with Crippen molar-refractivity contribution in [2.24, 2.45) is 0 Å². The zero-order valence-corrected chi connectivity index (χ0v) is 20.6. The van der Waals surface area contributed by atoms with E-state index in [4.69, 9.17) is 4.74 Å². The summed E-state index contributed by atoms with van der Waals surface area (Å²) < 4.78 is 5.26. The number of aromatic nitrogens is 1. The lowest BCUT2D eigenvalue weighted by Crippen LogP contribution is -2.51. The van der Waals surface area contributed by atoms with Gasteiger partial charge in [-0.15, -0.1) is 0 Å². The molecule has 8 nitrogen and oxygen atoms in total. The highest BCUT2D eigenvalue weighted by atomic mass is 16.5. The summed E-state index contributed by atoms with van der Waals surface area (Å²) in [5, 5.41) is 5.55. The maximum atomic E-state index is 12.5. The van der Waals surface area contributed by atoms with Crippen molar-refractivity contribution in [1.29, 1.82) is 0 Å². The maximum absolute atomic E-state index is 12.5. The fourth-order valence-corrected chi connectivity index (χ4v) is 4.43. The van der Waals surface area contributed by atoms with Gasteiger partial charge in [0.15, 0.2) is 0 Å². The minimum absolute atomic E-state index is 0.0715. The molecular weight excluding hydrogens is 454 g/mol. The van der Waals surface area contributed by atoms with Crippen molar-refractivity contribution in [3.05, 3.63) is 90.3 Å². The van der Waals surface area contributed by atoms with Crippen LogP contribution < -0.4 is 20.3 Å². The summed E-state index contributed by atoms with van der Waals surface area (Å²) in [5.41, 5.74) is 3.29. The SMILES string of the molecule is COc1ccc(N2CCN(C(CNC(=O)C(=O)NCCc3ccccc3)c3cccnc3)CC2)cc1. The molecule has 1 saturated heterocycles. The third-order valence-corrected chi connectivity index (χ3v) is 6.47. The summed E-state index contributed by atoms with van der Waals surface area (Å²) in [7, 11) is 1.67. The first-order chi connectivity index (χ1) is 17.6. The summed E-state index contributed by atoms with van der Waals surface area (Å²) in [6.07, 6.45) is 4.24. The lowest BCUT2D eigenvalue weighted by molar-refractivity contribution is -0.139. The highest BCUT2D eigenvalue weighted by molar-refractivity contribution is 6.35. The molecule has 2 amide bonds. The van der Waals surface area contributed by atoms with Crippen molar-refractivity contribution in [3.8, 4) is 5.75 Å². The molecule has 1 atom stereocenters. The molecule has 2 N–H and O–H groups in total. The number of methoxy groups -OCH3 is 1. The second-order valence-electron chi connectivity index (χ2n) is 8.72. The zero-order valence-electron chi connectivity index (χ0n) is 20.6. The zero-order chi connectivity index (χ0) is 25.2. The van der Waals surface area contributed by atoms with Crippen molar-refractivity contribution < 1.29 is 14.3 Å². The van der Waals surface area contributed by atoms with E-state index in [0.717, 1.165) is 48.7 Å². The van der Waals surface area contributed by atoms with Crippen LogP contribution in [0.1, 0.15) is 17.2 Å². The molecule has 1 aromatic heterocycles. The first kappa shape index (κ1) is 25.2. The number of benzene rings is 2. The van der Waals surface area contributed by atoms with Crippen LogP contribution in [0.15, 0.2) is 79.1 Å². The Bertz CT molecular complexity index is 1100. The summed E-state index contributed by atoms with van der Waals surface area (Å²) in [6.45, 7) is 4.11. The van der Waals surface area contributed by atoms with E-state index in [1.165, 1.54) is 0 Å². The number of pyridine rings is 1. The molecule has 0 bridgehead atoms. The average Bonchev–Trinajstić information content (AvgIpc) is 2.94. The van der Waals surface area contributed by atoms with Crippen molar-refractivity contribution in [2.45, 2.75) is 12.5 Å². The number of hydrogen-bond donors (Lipinski definition) is 2. The smallest absolute Gasteiger partial charge is 0.309 e. The average molecular weight is 488 g/mol. The van der Waals surface area contributed by atoms with Gasteiger partial charge in [-0.1, -0.05) is 36.4 Å². The Morgan fingerprint density at radius 3 is 2.31 bits per heavy atom. The molecule has 3 aromatic rings. The number of piperazine rings is 1. The number of hydrogen-bond acceptors (Lipinski definition) is 6. The molecule has 1 aliphatic rings. The van der Waals surface area contributed by atoms with E-state index < -0.39 is 11.8 Å².